The minimum atomic E-state index is -0.222. The van der Waals surface area contributed by atoms with Crippen LogP contribution in [-0.4, -0.2) is 25.0 Å². The predicted molar refractivity (Wildman–Crippen MR) is 100 cm³/mol. The Kier molecular flexibility index (Phi) is 7.01. The number of aryl methyl sites for hydroxylation is 1. The zero-order valence-corrected chi connectivity index (χ0v) is 15.6. The fourth-order valence-corrected chi connectivity index (χ4v) is 2.82. The van der Waals surface area contributed by atoms with Gasteiger partial charge in [-0.25, -0.2) is 0 Å². The fraction of sp³-hybridized carbons (Fsp3) is 0.368. The van der Waals surface area contributed by atoms with Gasteiger partial charge in [0.25, 0.3) is 5.91 Å². The van der Waals surface area contributed by atoms with Crippen molar-refractivity contribution in [1.82, 2.24) is 10.6 Å². The predicted octanol–water partition coefficient (Wildman–Crippen LogP) is 3.14. The number of hydrogen-bond donors (Lipinski definition) is 2. The van der Waals surface area contributed by atoms with Crippen molar-refractivity contribution in [1.29, 1.82) is 0 Å². The Morgan fingerprint density at radius 1 is 1.08 bits per heavy atom. The van der Waals surface area contributed by atoms with Crippen LogP contribution in [-0.2, 0) is 11.3 Å². The molecule has 1 heterocycles. The molecule has 0 fully saturated rings. The van der Waals surface area contributed by atoms with Crippen molar-refractivity contribution in [3.05, 3.63) is 51.7 Å². The molecule has 0 radical (unpaired) electrons. The lowest BCUT2D eigenvalue weighted by atomic mass is 10.2. The smallest absolute Gasteiger partial charge is 0.261 e. The summed E-state index contributed by atoms with van der Waals surface area (Å²) in [6.45, 7) is 7.19. The van der Waals surface area contributed by atoms with Gasteiger partial charge in [0.15, 0.2) is 0 Å². The van der Waals surface area contributed by atoms with Crippen LogP contribution < -0.4 is 15.4 Å². The SMILES string of the molecule is Cc1ccc(C(=O)NCC(=O)NCc2ccc(OCC(C)C)cc2)s1. The van der Waals surface area contributed by atoms with Crippen LogP contribution in [0, 0.1) is 12.8 Å². The van der Waals surface area contributed by atoms with Crippen molar-refractivity contribution in [2.24, 2.45) is 5.92 Å². The Hall–Kier alpha value is -2.34. The molecule has 2 N–H and O–H groups in total. The van der Waals surface area contributed by atoms with Gasteiger partial charge in [-0.05, 0) is 42.7 Å². The molecule has 2 aromatic rings. The monoisotopic (exact) mass is 360 g/mol. The molecule has 0 saturated heterocycles. The molecule has 0 aliphatic heterocycles. The third-order valence-corrected chi connectivity index (χ3v) is 4.37. The second-order valence-corrected chi connectivity index (χ2v) is 7.51. The van der Waals surface area contributed by atoms with Gasteiger partial charge in [0.1, 0.15) is 5.75 Å². The summed E-state index contributed by atoms with van der Waals surface area (Å²) >= 11 is 1.41. The van der Waals surface area contributed by atoms with Crippen LogP contribution in [0.4, 0.5) is 0 Å². The van der Waals surface area contributed by atoms with Crippen LogP contribution in [0.5, 0.6) is 5.75 Å². The number of thiophene rings is 1. The van der Waals surface area contributed by atoms with E-state index in [9.17, 15) is 9.59 Å². The van der Waals surface area contributed by atoms with Gasteiger partial charge in [0.05, 0.1) is 18.0 Å². The van der Waals surface area contributed by atoms with E-state index in [0.29, 0.717) is 23.9 Å². The molecule has 0 atom stereocenters. The Bertz CT molecular complexity index is 708. The Balaban J connectivity index is 1.71. The van der Waals surface area contributed by atoms with E-state index < -0.39 is 0 Å². The van der Waals surface area contributed by atoms with Crippen LogP contribution >= 0.6 is 11.3 Å². The van der Waals surface area contributed by atoms with E-state index in [1.807, 2.05) is 37.3 Å². The Morgan fingerprint density at radius 3 is 2.40 bits per heavy atom. The fourth-order valence-electron chi connectivity index (χ4n) is 2.03. The van der Waals surface area contributed by atoms with Crippen LogP contribution in [0.2, 0.25) is 0 Å². The summed E-state index contributed by atoms with van der Waals surface area (Å²) < 4.78 is 5.62. The normalized spacial score (nSPS) is 10.6. The zero-order chi connectivity index (χ0) is 18.2. The molecule has 0 bridgehead atoms. The number of hydrogen-bond acceptors (Lipinski definition) is 4. The number of carbonyl (C=O) groups excluding carboxylic acids is 2. The molecule has 2 amide bonds. The first-order valence-corrected chi connectivity index (χ1v) is 9.09. The van der Waals surface area contributed by atoms with Gasteiger partial charge in [-0.1, -0.05) is 26.0 Å². The lowest BCUT2D eigenvalue weighted by Crippen LogP contribution is -2.36. The molecule has 0 unspecified atom stereocenters. The van der Waals surface area contributed by atoms with E-state index >= 15 is 0 Å². The van der Waals surface area contributed by atoms with Crippen LogP contribution in [0.3, 0.4) is 0 Å². The highest BCUT2D eigenvalue weighted by Crippen LogP contribution is 2.14. The van der Waals surface area contributed by atoms with Gasteiger partial charge in [0.2, 0.25) is 5.91 Å². The summed E-state index contributed by atoms with van der Waals surface area (Å²) in [5.41, 5.74) is 0.977. The number of carbonyl (C=O) groups is 2. The molecule has 1 aromatic carbocycles. The number of benzene rings is 1. The maximum absolute atomic E-state index is 11.9. The highest BCUT2D eigenvalue weighted by molar-refractivity contribution is 7.13. The summed E-state index contributed by atoms with van der Waals surface area (Å²) in [6.07, 6.45) is 0. The van der Waals surface area contributed by atoms with Crippen molar-refractivity contribution in [3.8, 4) is 5.75 Å². The number of rotatable bonds is 8. The van der Waals surface area contributed by atoms with E-state index in [2.05, 4.69) is 24.5 Å². The van der Waals surface area contributed by atoms with Crippen LogP contribution in [0.1, 0.15) is 34.0 Å². The summed E-state index contributed by atoms with van der Waals surface area (Å²) in [5.74, 6) is 0.858. The molecule has 0 saturated carbocycles. The first-order chi connectivity index (χ1) is 11.9. The minimum Gasteiger partial charge on any atom is -0.493 e. The van der Waals surface area contributed by atoms with Gasteiger partial charge >= 0.3 is 0 Å². The molecular weight excluding hydrogens is 336 g/mol. The third-order valence-electron chi connectivity index (χ3n) is 3.37. The van der Waals surface area contributed by atoms with E-state index in [4.69, 9.17) is 4.74 Å². The molecule has 0 aliphatic rings. The first-order valence-electron chi connectivity index (χ1n) is 8.27. The molecule has 25 heavy (non-hydrogen) atoms. The van der Waals surface area contributed by atoms with E-state index in [1.54, 1.807) is 6.07 Å². The second-order valence-electron chi connectivity index (χ2n) is 6.22. The van der Waals surface area contributed by atoms with Crippen molar-refractivity contribution >= 4 is 23.2 Å². The van der Waals surface area contributed by atoms with E-state index in [1.165, 1.54) is 11.3 Å². The number of amides is 2. The minimum absolute atomic E-state index is 0.0363. The highest BCUT2D eigenvalue weighted by atomic mass is 32.1. The third kappa shape index (κ3) is 6.58. The van der Waals surface area contributed by atoms with Gasteiger partial charge in [-0.2, -0.15) is 0 Å². The largest absolute Gasteiger partial charge is 0.493 e. The van der Waals surface area contributed by atoms with Crippen molar-refractivity contribution in [2.45, 2.75) is 27.3 Å². The van der Waals surface area contributed by atoms with Crippen molar-refractivity contribution in [2.75, 3.05) is 13.2 Å². The number of nitrogens with one attached hydrogen (secondary N) is 2. The molecular formula is C19H24N2O3S. The Morgan fingerprint density at radius 2 is 1.80 bits per heavy atom. The Labute approximate surface area is 152 Å². The maximum Gasteiger partial charge on any atom is 0.261 e. The molecule has 134 valence electrons. The molecule has 6 heteroatoms. The summed E-state index contributed by atoms with van der Waals surface area (Å²) in [5, 5.41) is 5.41. The average molecular weight is 360 g/mol. The van der Waals surface area contributed by atoms with Gasteiger partial charge in [0, 0.05) is 11.4 Å². The first kappa shape index (κ1) is 19.0. The molecule has 1 aromatic heterocycles. The highest BCUT2D eigenvalue weighted by Gasteiger charge is 2.09. The van der Waals surface area contributed by atoms with Crippen molar-refractivity contribution in [3.63, 3.8) is 0 Å². The van der Waals surface area contributed by atoms with Gasteiger partial charge in [-0.3, -0.25) is 9.59 Å². The zero-order valence-electron chi connectivity index (χ0n) is 14.8. The molecule has 5 nitrogen and oxygen atoms in total. The van der Waals surface area contributed by atoms with Gasteiger partial charge < -0.3 is 15.4 Å². The maximum atomic E-state index is 11.9. The summed E-state index contributed by atoms with van der Waals surface area (Å²) in [4.78, 5) is 25.4. The summed E-state index contributed by atoms with van der Waals surface area (Å²) in [7, 11) is 0. The van der Waals surface area contributed by atoms with Crippen molar-refractivity contribution < 1.29 is 14.3 Å². The van der Waals surface area contributed by atoms with E-state index in [-0.39, 0.29) is 18.4 Å². The average Bonchev–Trinajstić information content (AvgIpc) is 3.03. The van der Waals surface area contributed by atoms with Gasteiger partial charge in [-0.15, -0.1) is 11.3 Å². The van der Waals surface area contributed by atoms with Crippen LogP contribution in [0.25, 0.3) is 0 Å². The second kappa shape index (κ2) is 9.22. The lowest BCUT2D eigenvalue weighted by Gasteiger charge is -2.10. The van der Waals surface area contributed by atoms with Crippen LogP contribution in [0.15, 0.2) is 36.4 Å². The van der Waals surface area contributed by atoms with E-state index in [0.717, 1.165) is 16.2 Å². The summed E-state index contributed by atoms with van der Waals surface area (Å²) in [6, 6.07) is 11.3. The lowest BCUT2D eigenvalue weighted by molar-refractivity contribution is -0.120. The molecule has 2 rings (SSSR count). The standard InChI is InChI=1S/C19H24N2O3S/c1-13(2)12-24-16-7-5-15(6-8-16)10-20-18(22)11-21-19(23)17-9-4-14(3)25-17/h4-9,13H,10-12H2,1-3H3,(H,20,22)(H,21,23). The molecule has 0 spiro atoms. The topological polar surface area (TPSA) is 67.4 Å². The molecule has 0 aliphatic carbocycles. The number of ether oxygens (including phenoxy) is 1. The quantitative estimate of drug-likeness (QED) is 0.760.